The highest BCUT2D eigenvalue weighted by atomic mass is 16.1. The van der Waals surface area contributed by atoms with Crippen molar-refractivity contribution < 1.29 is 4.79 Å². The van der Waals surface area contributed by atoms with Crippen LogP contribution in [0.15, 0.2) is 0 Å². The summed E-state index contributed by atoms with van der Waals surface area (Å²) in [5.74, 6) is 0.469. The number of nitrogens with one attached hydrogen (secondary N) is 2. The molecule has 0 radical (unpaired) electrons. The van der Waals surface area contributed by atoms with Gasteiger partial charge in [-0.3, -0.25) is 4.79 Å². The average molecular weight is 239 g/mol. The zero-order chi connectivity index (χ0) is 12.1. The first kappa shape index (κ1) is 12.8. The normalized spacial score (nSPS) is 27.9. The van der Waals surface area contributed by atoms with Crippen LogP contribution in [0.3, 0.4) is 0 Å². The van der Waals surface area contributed by atoms with E-state index in [1.807, 2.05) is 0 Å². The molecule has 4 heteroatoms. The summed E-state index contributed by atoms with van der Waals surface area (Å²) < 4.78 is 0. The molecule has 17 heavy (non-hydrogen) atoms. The van der Waals surface area contributed by atoms with Crippen LogP contribution in [0.25, 0.3) is 0 Å². The summed E-state index contributed by atoms with van der Waals surface area (Å²) in [6.45, 7) is 4.51. The van der Waals surface area contributed by atoms with Gasteiger partial charge in [0.05, 0.1) is 0 Å². The lowest BCUT2D eigenvalue weighted by atomic mass is 9.95. The molecule has 2 saturated heterocycles. The molecule has 1 amide bonds. The Morgan fingerprint density at radius 3 is 2.65 bits per heavy atom. The number of carbonyl (C=O) groups is 1. The van der Waals surface area contributed by atoms with Gasteiger partial charge in [0, 0.05) is 25.6 Å². The summed E-state index contributed by atoms with van der Waals surface area (Å²) in [6, 6.07) is 0.681. The van der Waals surface area contributed by atoms with E-state index >= 15 is 0 Å². The molecular weight excluding hydrogens is 214 g/mol. The van der Waals surface area contributed by atoms with E-state index < -0.39 is 0 Å². The lowest BCUT2D eigenvalue weighted by Crippen LogP contribution is -2.47. The molecule has 0 aromatic carbocycles. The van der Waals surface area contributed by atoms with Crippen LogP contribution in [-0.2, 0) is 4.79 Å². The van der Waals surface area contributed by atoms with Crippen LogP contribution in [0, 0.1) is 5.92 Å². The van der Waals surface area contributed by atoms with E-state index in [1.165, 1.54) is 32.4 Å². The number of hydrogen-bond acceptors (Lipinski definition) is 3. The summed E-state index contributed by atoms with van der Waals surface area (Å²) >= 11 is 0. The molecule has 0 bridgehead atoms. The van der Waals surface area contributed by atoms with Crippen LogP contribution < -0.4 is 10.6 Å². The molecule has 0 spiro atoms. The largest absolute Gasteiger partial charge is 0.359 e. The van der Waals surface area contributed by atoms with Crippen molar-refractivity contribution in [2.45, 2.75) is 38.1 Å². The smallest absolute Gasteiger partial charge is 0.222 e. The minimum atomic E-state index is 0.223. The summed E-state index contributed by atoms with van der Waals surface area (Å²) in [6.07, 6.45) is 6.05. The molecule has 2 N–H and O–H groups in total. The monoisotopic (exact) mass is 239 g/mol. The molecule has 0 aromatic heterocycles. The van der Waals surface area contributed by atoms with E-state index in [4.69, 9.17) is 0 Å². The van der Waals surface area contributed by atoms with Gasteiger partial charge in [-0.05, 0) is 45.3 Å². The molecule has 0 aromatic rings. The van der Waals surface area contributed by atoms with Crippen LogP contribution in [0.5, 0.6) is 0 Å². The molecule has 98 valence electrons. The van der Waals surface area contributed by atoms with E-state index in [0.29, 0.717) is 6.04 Å². The SMILES string of the molecule is CNC(=O)C1CCN(CC2CCCCN2)CC1. The van der Waals surface area contributed by atoms with Gasteiger partial charge >= 0.3 is 0 Å². The predicted molar refractivity (Wildman–Crippen MR) is 68.9 cm³/mol. The summed E-state index contributed by atoms with van der Waals surface area (Å²) in [5, 5.41) is 6.35. The highest BCUT2D eigenvalue weighted by Crippen LogP contribution is 2.18. The van der Waals surface area contributed by atoms with Gasteiger partial charge in [-0.2, -0.15) is 0 Å². The number of likely N-dealkylation sites (tertiary alicyclic amines) is 1. The molecule has 1 unspecified atom stereocenters. The van der Waals surface area contributed by atoms with Crippen molar-refractivity contribution in [1.82, 2.24) is 15.5 Å². The third-order valence-corrected chi connectivity index (χ3v) is 4.10. The number of nitrogens with zero attached hydrogens (tertiary/aromatic N) is 1. The molecular formula is C13H25N3O. The maximum atomic E-state index is 11.5. The van der Waals surface area contributed by atoms with Crippen molar-refractivity contribution in [3.63, 3.8) is 0 Å². The maximum Gasteiger partial charge on any atom is 0.222 e. The zero-order valence-electron chi connectivity index (χ0n) is 10.9. The van der Waals surface area contributed by atoms with Crippen LogP contribution in [-0.4, -0.2) is 50.1 Å². The molecule has 2 rings (SSSR count). The number of hydrogen-bond donors (Lipinski definition) is 2. The van der Waals surface area contributed by atoms with Gasteiger partial charge in [0.15, 0.2) is 0 Å². The summed E-state index contributed by atoms with van der Waals surface area (Å²) in [7, 11) is 1.74. The molecule has 2 heterocycles. The number of piperidine rings is 2. The Kier molecular flexibility index (Phi) is 4.80. The second-order valence-electron chi connectivity index (χ2n) is 5.34. The van der Waals surface area contributed by atoms with Crippen molar-refractivity contribution in [2.75, 3.05) is 33.2 Å². The highest BCUT2D eigenvalue weighted by Gasteiger charge is 2.25. The third-order valence-electron chi connectivity index (χ3n) is 4.10. The molecule has 0 saturated carbocycles. The first-order valence-electron chi connectivity index (χ1n) is 6.97. The van der Waals surface area contributed by atoms with Crippen LogP contribution >= 0.6 is 0 Å². The van der Waals surface area contributed by atoms with E-state index in [0.717, 1.165) is 25.9 Å². The molecule has 0 aliphatic carbocycles. The van der Waals surface area contributed by atoms with E-state index in [-0.39, 0.29) is 11.8 Å². The molecule has 4 nitrogen and oxygen atoms in total. The Bertz CT molecular complexity index is 243. The van der Waals surface area contributed by atoms with Gasteiger partial charge in [0.1, 0.15) is 0 Å². The number of carbonyl (C=O) groups excluding carboxylic acids is 1. The Morgan fingerprint density at radius 2 is 2.06 bits per heavy atom. The Hall–Kier alpha value is -0.610. The second-order valence-corrected chi connectivity index (χ2v) is 5.34. The lowest BCUT2D eigenvalue weighted by Gasteiger charge is -2.35. The third kappa shape index (κ3) is 3.68. The van der Waals surface area contributed by atoms with Crippen molar-refractivity contribution in [3.05, 3.63) is 0 Å². The first-order valence-corrected chi connectivity index (χ1v) is 6.97. The van der Waals surface area contributed by atoms with Gasteiger partial charge in [0.2, 0.25) is 5.91 Å². The van der Waals surface area contributed by atoms with E-state index in [1.54, 1.807) is 7.05 Å². The number of amides is 1. The van der Waals surface area contributed by atoms with E-state index in [9.17, 15) is 4.79 Å². The average Bonchev–Trinajstić information content (AvgIpc) is 2.40. The Morgan fingerprint density at radius 1 is 1.29 bits per heavy atom. The fourth-order valence-corrected chi connectivity index (χ4v) is 2.97. The van der Waals surface area contributed by atoms with Crippen molar-refractivity contribution >= 4 is 5.91 Å². The zero-order valence-corrected chi connectivity index (χ0v) is 10.9. The van der Waals surface area contributed by atoms with Crippen LogP contribution in [0.4, 0.5) is 0 Å². The highest BCUT2D eigenvalue weighted by molar-refractivity contribution is 5.78. The van der Waals surface area contributed by atoms with Crippen LogP contribution in [0.1, 0.15) is 32.1 Å². The summed E-state index contributed by atoms with van der Waals surface area (Å²) in [5.41, 5.74) is 0. The summed E-state index contributed by atoms with van der Waals surface area (Å²) in [4.78, 5) is 14.0. The molecule has 2 aliphatic heterocycles. The lowest BCUT2D eigenvalue weighted by molar-refractivity contribution is -0.125. The maximum absolute atomic E-state index is 11.5. The van der Waals surface area contributed by atoms with Crippen molar-refractivity contribution in [1.29, 1.82) is 0 Å². The Labute approximate surface area is 104 Å². The Balaban J connectivity index is 1.69. The molecule has 2 fully saturated rings. The minimum Gasteiger partial charge on any atom is -0.359 e. The van der Waals surface area contributed by atoms with Crippen molar-refractivity contribution in [2.24, 2.45) is 5.92 Å². The quantitative estimate of drug-likeness (QED) is 0.757. The second kappa shape index (κ2) is 6.36. The van der Waals surface area contributed by atoms with Gasteiger partial charge in [0.25, 0.3) is 0 Å². The number of rotatable bonds is 3. The minimum absolute atomic E-state index is 0.223. The van der Waals surface area contributed by atoms with Gasteiger partial charge in [-0.1, -0.05) is 6.42 Å². The first-order chi connectivity index (χ1) is 8.29. The fourth-order valence-electron chi connectivity index (χ4n) is 2.97. The van der Waals surface area contributed by atoms with Gasteiger partial charge in [-0.15, -0.1) is 0 Å². The van der Waals surface area contributed by atoms with Gasteiger partial charge < -0.3 is 15.5 Å². The predicted octanol–water partition coefficient (Wildman–Crippen LogP) is 0.587. The van der Waals surface area contributed by atoms with Crippen molar-refractivity contribution in [3.8, 4) is 0 Å². The molecule has 1 atom stereocenters. The molecule has 2 aliphatic rings. The fraction of sp³-hybridized carbons (Fsp3) is 0.923. The van der Waals surface area contributed by atoms with Gasteiger partial charge in [-0.25, -0.2) is 0 Å². The standard InChI is InChI=1S/C13H25N3O/c1-14-13(17)11-5-8-16(9-6-11)10-12-4-2-3-7-15-12/h11-12,15H,2-10H2,1H3,(H,14,17). The van der Waals surface area contributed by atoms with E-state index in [2.05, 4.69) is 15.5 Å². The van der Waals surface area contributed by atoms with Crippen LogP contribution in [0.2, 0.25) is 0 Å². The topological polar surface area (TPSA) is 44.4 Å².